The summed E-state index contributed by atoms with van der Waals surface area (Å²) >= 11 is 0. The number of quaternary nitrogens is 1. The largest absolute Gasteiger partial charge is 0.320 e. The average Bonchev–Trinajstić information content (AvgIpc) is 2.74. The number of aryl methyl sites for hydroxylation is 3. The van der Waals surface area contributed by atoms with Gasteiger partial charge in [-0.05, 0) is 64.5 Å². The minimum Gasteiger partial charge on any atom is -0.320 e. The molecule has 1 radical (unpaired) electrons. The molecule has 1 N–H and O–H groups in total. The van der Waals surface area contributed by atoms with E-state index in [0.29, 0.717) is 0 Å². The Kier molecular flexibility index (Phi) is 13.6. The third-order valence-electron chi connectivity index (χ3n) is 6.86. The van der Waals surface area contributed by atoms with Crippen LogP contribution in [0.5, 0.6) is 0 Å². The number of amides is 1. The molecule has 3 nitrogen and oxygen atoms in total. The Morgan fingerprint density at radius 3 is 1.81 bits per heavy atom. The van der Waals surface area contributed by atoms with Crippen LogP contribution < -0.4 is 5.32 Å². The molecule has 1 amide bonds. The van der Waals surface area contributed by atoms with Crippen molar-refractivity contribution in [3.05, 3.63) is 65.2 Å². The summed E-state index contributed by atoms with van der Waals surface area (Å²) in [6.45, 7) is 14.0. The number of rotatable bonds is 5. The topological polar surface area (TPSA) is 29.1 Å². The maximum absolute atomic E-state index is 13.2. The molecule has 4 heteroatoms. The van der Waals surface area contributed by atoms with Crippen LogP contribution in [0.2, 0.25) is 0 Å². The van der Waals surface area contributed by atoms with Crippen LogP contribution in [-0.4, -0.2) is 36.1 Å². The van der Waals surface area contributed by atoms with Crippen molar-refractivity contribution in [2.75, 3.05) is 25.0 Å². The van der Waals surface area contributed by atoms with Crippen LogP contribution in [0.4, 0.5) is 5.69 Å². The second kappa shape index (κ2) is 15.0. The van der Waals surface area contributed by atoms with Crippen molar-refractivity contribution in [1.29, 1.82) is 0 Å². The molecule has 32 heavy (non-hydrogen) atoms. The summed E-state index contributed by atoms with van der Waals surface area (Å²) in [4.78, 5) is 13.2. The maximum atomic E-state index is 13.2. The van der Waals surface area contributed by atoms with Crippen LogP contribution in [0.3, 0.4) is 0 Å². The molecule has 0 saturated carbocycles. The van der Waals surface area contributed by atoms with E-state index in [9.17, 15) is 4.79 Å². The number of hydrogen-bond acceptors (Lipinski definition) is 1. The van der Waals surface area contributed by atoms with Gasteiger partial charge >= 0.3 is 0 Å². The number of carbonyl (C=O) groups is 1. The average molecular weight is 513 g/mol. The normalized spacial score (nSPS) is 16.3. The Bertz CT molecular complexity index is 778. The van der Waals surface area contributed by atoms with Crippen LogP contribution in [0.15, 0.2) is 48.5 Å². The third-order valence-corrected chi connectivity index (χ3v) is 6.86. The Morgan fingerprint density at radius 2 is 1.38 bits per heavy atom. The molecule has 1 heterocycles. The molecular formula is C28H43N2OY+. The van der Waals surface area contributed by atoms with Crippen LogP contribution >= 0.6 is 0 Å². The summed E-state index contributed by atoms with van der Waals surface area (Å²) in [5.41, 5.74) is 4.62. The monoisotopic (exact) mass is 512 g/mol. The van der Waals surface area contributed by atoms with Crippen molar-refractivity contribution in [3.63, 3.8) is 0 Å². The van der Waals surface area contributed by atoms with Gasteiger partial charge in [0.15, 0.2) is 6.04 Å². The molecule has 0 spiro atoms. The Morgan fingerprint density at radius 1 is 0.844 bits per heavy atom. The molecule has 1 saturated heterocycles. The van der Waals surface area contributed by atoms with E-state index in [1.54, 1.807) is 0 Å². The first-order valence-corrected chi connectivity index (χ1v) is 12.2. The fourth-order valence-corrected chi connectivity index (χ4v) is 4.92. The van der Waals surface area contributed by atoms with E-state index in [-0.39, 0.29) is 44.7 Å². The number of likely N-dealkylation sites (tertiary alicyclic amines) is 1. The van der Waals surface area contributed by atoms with E-state index in [2.05, 4.69) is 70.3 Å². The number of likely N-dealkylation sites (N-methyl/N-ethyl adjacent to an activating group) is 1. The summed E-state index contributed by atoms with van der Waals surface area (Å²) in [5, 5.41) is 3.27. The van der Waals surface area contributed by atoms with E-state index < -0.39 is 0 Å². The summed E-state index contributed by atoms with van der Waals surface area (Å²) < 4.78 is 0.966. The van der Waals surface area contributed by atoms with E-state index in [1.807, 2.05) is 18.2 Å². The van der Waals surface area contributed by atoms with Crippen molar-refractivity contribution in [2.24, 2.45) is 0 Å². The summed E-state index contributed by atoms with van der Waals surface area (Å²) in [6.07, 6.45) is 7.39. The standard InChI is InChI=1S/C21H34N2O.C7H8.Y/c1-5-19(23(6-2)15-10-8-7-9-11-16-23)21(24)22-20-17(3)13-12-14-18(20)4;1-7-5-3-2-4-6-7;/h12-14,19H,5-11,15-16H2,1-4H3;2-6H,1H3;/p+1. The zero-order valence-corrected chi connectivity index (χ0v) is 23.8. The zero-order valence-electron chi connectivity index (χ0n) is 21.0. The second-order valence-electron chi connectivity index (χ2n) is 9.08. The fraction of sp³-hybridized carbons (Fsp3) is 0.536. The van der Waals surface area contributed by atoms with Gasteiger partial charge in [-0.25, -0.2) is 0 Å². The molecule has 2 aromatic carbocycles. The van der Waals surface area contributed by atoms with Gasteiger partial charge in [0.05, 0.1) is 19.6 Å². The summed E-state index contributed by atoms with van der Waals surface area (Å²) in [6, 6.07) is 16.5. The smallest absolute Gasteiger partial charge is 0.282 e. The first-order chi connectivity index (χ1) is 14.9. The van der Waals surface area contributed by atoms with Crippen LogP contribution in [-0.2, 0) is 37.5 Å². The van der Waals surface area contributed by atoms with Crippen LogP contribution in [0.1, 0.15) is 69.1 Å². The molecule has 2 aromatic rings. The van der Waals surface area contributed by atoms with E-state index in [4.69, 9.17) is 0 Å². The number of anilines is 1. The third kappa shape index (κ3) is 8.39. The molecule has 1 atom stereocenters. The summed E-state index contributed by atoms with van der Waals surface area (Å²) in [7, 11) is 0. The van der Waals surface area contributed by atoms with E-state index in [1.165, 1.54) is 37.7 Å². The Hall–Kier alpha value is -1.03. The maximum Gasteiger partial charge on any atom is 0.282 e. The number of nitrogens with one attached hydrogen (secondary N) is 1. The van der Waals surface area contributed by atoms with Crippen molar-refractivity contribution < 1.29 is 42.0 Å². The number of benzene rings is 2. The van der Waals surface area contributed by atoms with Gasteiger partial charge in [0.25, 0.3) is 5.91 Å². The SMILES string of the molecule is CCC(C(=O)Nc1c(C)cccc1C)[N+]1(CC)CCCCCCC1.Cc1ccccc1.[Y]. The van der Waals surface area contributed by atoms with E-state index in [0.717, 1.165) is 47.4 Å². The van der Waals surface area contributed by atoms with Crippen molar-refractivity contribution >= 4 is 11.6 Å². The van der Waals surface area contributed by atoms with Gasteiger partial charge in [-0.1, -0.05) is 67.4 Å². The molecule has 173 valence electrons. The quantitative estimate of drug-likeness (QED) is 0.438. The van der Waals surface area contributed by atoms with Crippen molar-refractivity contribution in [1.82, 2.24) is 0 Å². The number of carbonyl (C=O) groups excluding carboxylic acids is 1. The number of nitrogens with zero attached hydrogens (tertiary/aromatic N) is 1. The Balaban J connectivity index is 0.000000545. The van der Waals surface area contributed by atoms with E-state index >= 15 is 0 Å². The van der Waals surface area contributed by atoms with Crippen molar-refractivity contribution in [3.8, 4) is 0 Å². The first kappa shape index (κ1) is 29.0. The molecule has 1 unspecified atom stereocenters. The van der Waals surface area contributed by atoms with Gasteiger partial charge in [0, 0.05) is 44.8 Å². The zero-order chi connectivity index (χ0) is 22.7. The number of hydrogen-bond donors (Lipinski definition) is 1. The molecule has 1 aliphatic rings. The minimum atomic E-state index is 0. The molecular weight excluding hydrogens is 469 g/mol. The molecule has 0 aliphatic carbocycles. The summed E-state index contributed by atoms with van der Waals surface area (Å²) in [5.74, 6) is 0.206. The van der Waals surface area contributed by atoms with Gasteiger partial charge in [-0.2, -0.15) is 0 Å². The van der Waals surface area contributed by atoms with Crippen molar-refractivity contribution in [2.45, 2.75) is 79.2 Å². The van der Waals surface area contributed by atoms with Gasteiger partial charge in [0.1, 0.15) is 0 Å². The second-order valence-corrected chi connectivity index (χ2v) is 9.08. The van der Waals surface area contributed by atoms with Crippen LogP contribution in [0.25, 0.3) is 0 Å². The molecule has 1 fully saturated rings. The van der Waals surface area contributed by atoms with Gasteiger partial charge in [-0.3, -0.25) is 4.79 Å². The van der Waals surface area contributed by atoms with Gasteiger partial charge < -0.3 is 9.80 Å². The fourth-order valence-electron chi connectivity index (χ4n) is 4.92. The molecule has 1 aliphatic heterocycles. The predicted octanol–water partition coefficient (Wildman–Crippen LogP) is 6.81. The Labute approximate surface area is 221 Å². The first-order valence-electron chi connectivity index (χ1n) is 12.2. The molecule has 0 bridgehead atoms. The molecule has 3 rings (SSSR count). The molecule has 0 aromatic heterocycles. The van der Waals surface area contributed by atoms with Crippen LogP contribution in [0, 0.1) is 20.8 Å². The van der Waals surface area contributed by atoms with Gasteiger partial charge in [-0.15, -0.1) is 0 Å². The minimum absolute atomic E-state index is 0. The van der Waals surface area contributed by atoms with Gasteiger partial charge in [0.2, 0.25) is 0 Å². The predicted molar refractivity (Wildman–Crippen MR) is 133 cm³/mol. The number of para-hydroxylation sites is 1.